The Labute approximate surface area is 340 Å². The first kappa shape index (κ1) is 48.2. The molecule has 0 aliphatic rings. The fraction of sp³-hybridized carbons (Fsp3) is 0.682. The summed E-state index contributed by atoms with van der Waals surface area (Å²) in [6.07, 6.45) is 0. The zero-order chi connectivity index (χ0) is 40.0. The molecule has 0 fully saturated rings. The Bertz CT molecular complexity index is 1340. The molecular formula is C44H76O2Sb2Si2. The molecule has 6 heteroatoms. The Hall–Kier alpha value is 0.170. The third-order valence-electron chi connectivity index (χ3n) is 8.47. The second-order valence-corrected chi connectivity index (χ2v) is 33.6. The van der Waals surface area contributed by atoms with E-state index in [-0.39, 0.29) is 32.5 Å². The third kappa shape index (κ3) is 14.4. The van der Waals surface area contributed by atoms with Gasteiger partial charge in [0, 0.05) is 0 Å². The predicted octanol–water partition coefficient (Wildman–Crippen LogP) is 12.2. The average Bonchev–Trinajstić information content (AvgIpc) is 2.82. The molecule has 2 aromatic carbocycles. The van der Waals surface area contributed by atoms with E-state index < -0.39 is 16.6 Å². The molecule has 0 aliphatic carbocycles. The minimum atomic E-state index is -1.64. The summed E-state index contributed by atoms with van der Waals surface area (Å²) in [6, 6.07) is 9.71. The Kier molecular flexibility index (Phi) is 15.5. The maximum atomic E-state index is 6.50. The van der Waals surface area contributed by atoms with Gasteiger partial charge in [-0.2, -0.15) is 0 Å². The average molecular weight is 937 g/mol. The molecule has 50 heavy (non-hydrogen) atoms. The van der Waals surface area contributed by atoms with Gasteiger partial charge in [0.15, 0.2) is 0 Å². The standard InChI is InChI=1S/2C22H38OSi.2Sb/c2*1-20(2,3)16-13-18(21(4,5)6)17(15-23-24(10,11)12)19(14-16)22(7,8)9;;/h2*13-14H,1-12H3;;. The number of hydrogen-bond acceptors (Lipinski definition) is 2. The molecule has 0 unspecified atom stereocenters. The van der Waals surface area contributed by atoms with Crippen molar-refractivity contribution in [1.29, 1.82) is 0 Å². The second kappa shape index (κ2) is 16.1. The van der Waals surface area contributed by atoms with E-state index in [1.807, 2.05) is 0 Å². The van der Waals surface area contributed by atoms with Crippen LogP contribution in [0.5, 0.6) is 0 Å². The van der Waals surface area contributed by atoms with Crippen LogP contribution in [-0.2, 0) is 41.3 Å². The van der Waals surface area contributed by atoms with E-state index in [9.17, 15) is 0 Å². The van der Waals surface area contributed by atoms with Gasteiger partial charge in [-0.1, -0.05) is 0 Å². The van der Waals surface area contributed by atoms with Gasteiger partial charge in [-0.05, 0) is 0 Å². The molecular weight excluding hydrogens is 860 g/mol. The molecule has 0 atom stereocenters. The van der Waals surface area contributed by atoms with Crippen molar-refractivity contribution in [1.82, 2.24) is 0 Å². The van der Waals surface area contributed by atoms with Crippen LogP contribution in [0.2, 0.25) is 39.3 Å². The summed E-state index contributed by atoms with van der Waals surface area (Å²) in [7, 11) is -3.28. The summed E-state index contributed by atoms with van der Waals surface area (Å²) in [6.45, 7) is 55.2. The van der Waals surface area contributed by atoms with Gasteiger partial charge < -0.3 is 0 Å². The molecule has 0 heterocycles. The molecule has 0 aliphatic heterocycles. The van der Waals surface area contributed by atoms with Gasteiger partial charge in [0.05, 0.1) is 0 Å². The molecule has 0 saturated heterocycles. The fourth-order valence-electron chi connectivity index (χ4n) is 5.66. The molecule has 0 amide bonds. The molecule has 0 saturated carbocycles. The summed E-state index contributed by atoms with van der Waals surface area (Å²) in [4.78, 5) is 0. The van der Waals surface area contributed by atoms with Crippen LogP contribution in [0.3, 0.4) is 0 Å². The van der Waals surface area contributed by atoms with Crippen molar-refractivity contribution in [2.24, 2.45) is 0 Å². The van der Waals surface area contributed by atoms with Crippen molar-refractivity contribution in [3.05, 3.63) is 68.8 Å². The zero-order valence-corrected chi connectivity index (χ0v) is 44.1. The van der Waals surface area contributed by atoms with Crippen LogP contribution in [0.4, 0.5) is 0 Å². The Morgan fingerprint density at radius 1 is 0.380 bits per heavy atom. The molecule has 2 rings (SSSR count). The van der Waals surface area contributed by atoms with E-state index in [0.717, 1.165) is 7.27 Å². The normalized spacial score (nSPS) is 13.9. The van der Waals surface area contributed by atoms with Gasteiger partial charge in [0.25, 0.3) is 0 Å². The van der Waals surface area contributed by atoms with Crippen LogP contribution < -0.4 is 0 Å². The fourth-order valence-corrected chi connectivity index (χ4v) is 13.1. The topological polar surface area (TPSA) is 18.5 Å². The number of benzene rings is 2. The molecule has 282 valence electrons. The quantitative estimate of drug-likeness (QED) is 0.269. The van der Waals surface area contributed by atoms with Crippen LogP contribution in [0.25, 0.3) is 0 Å². The number of hydrogen-bond donors (Lipinski definition) is 0. The van der Waals surface area contributed by atoms with Crippen molar-refractivity contribution < 1.29 is 8.85 Å². The van der Waals surface area contributed by atoms with Crippen molar-refractivity contribution in [2.45, 2.75) is 196 Å². The van der Waals surface area contributed by atoms with Crippen LogP contribution >= 0.6 is 0 Å². The summed E-state index contributed by atoms with van der Waals surface area (Å²) < 4.78 is 15.3. The van der Waals surface area contributed by atoms with Crippen molar-refractivity contribution in [2.75, 3.05) is 0 Å². The molecule has 0 aromatic heterocycles. The van der Waals surface area contributed by atoms with E-state index in [2.05, 4.69) is 188 Å². The first-order chi connectivity index (χ1) is 21.7. The third-order valence-corrected chi connectivity index (χ3v) is 12.9. The first-order valence-electron chi connectivity index (χ1n) is 18.6. The number of rotatable bonds is 6. The molecule has 0 bridgehead atoms. The summed E-state index contributed by atoms with van der Waals surface area (Å²) >= 11 is 3.44. The molecule has 2 nitrogen and oxygen atoms in total. The monoisotopic (exact) mass is 934 g/mol. The van der Waals surface area contributed by atoms with Gasteiger partial charge in [0.1, 0.15) is 0 Å². The maximum absolute atomic E-state index is 6.50. The second-order valence-electron chi connectivity index (χ2n) is 22.4. The van der Waals surface area contributed by atoms with E-state index in [1.54, 1.807) is 45.1 Å². The van der Waals surface area contributed by atoms with Crippen molar-refractivity contribution in [3.63, 3.8) is 0 Å². The summed E-state index contributed by atoms with van der Waals surface area (Å²) in [5, 5.41) is 0. The van der Waals surface area contributed by atoms with Crippen LogP contribution in [-0.4, -0.2) is 69.0 Å². The molecule has 0 N–H and O–H groups in total. The molecule has 2 radical (unpaired) electrons. The Morgan fingerprint density at radius 2 is 0.560 bits per heavy atom. The van der Waals surface area contributed by atoms with Crippen molar-refractivity contribution in [3.8, 4) is 0 Å². The van der Waals surface area contributed by atoms with Gasteiger partial charge in [-0.3, -0.25) is 0 Å². The van der Waals surface area contributed by atoms with Gasteiger partial charge in [-0.15, -0.1) is 0 Å². The van der Waals surface area contributed by atoms with Gasteiger partial charge in [0.2, 0.25) is 0 Å². The van der Waals surface area contributed by atoms with Crippen LogP contribution in [0.1, 0.15) is 169 Å². The van der Waals surface area contributed by atoms with E-state index in [1.165, 1.54) is 44.5 Å². The minimum absolute atomic E-state index is 0.0781. The SMILES string of the molecule is CC(C)(C)c1cc(C(C)(C)C)c([C](=[Sb])O[Si](C)(C)C)c(C(C)(C)C)c1.CC(C)(C)c1cc(C(C)(C)C)c([C](=[Sb])O[Si](C)(C)C)c(C(C)(C)C)c1. The predicted molar refractivity (Wildman–Crippen MR) is 234 cm³/mol. The van der Waals surface area contributed by atoms with E-state index in [0.29, 0.717) is 0 Å². The summed E-state index contributed by atoms with van der Waals surface area (Å²) in [5.74, 6) is 0. The van der Waals surface area contributed by atoms with Gasteiger partial charge >= 0.3 is 343 Å². The Balaban J connectivity index is 0.000000500. The zero-order valence-electron chi connectivity index (χ0n) is 37.0. The molecule has 0 spiro atoms. The van der Waals surface area contributed by atoms with E-state index in [4.69, 9.17) is 8.85 Å². The van der Waals surface area contributed by atoms with Crippen molar-refractivity contribution >= 4 is 69.0 Å². The molecule has 2 aromatic rings. The first-order valence-corrected chi connectivity index (χ1v) is 27.9. The van der Waals surface area contributed by atoms with Gasteiger partial charge in [-0.25, -0.2) is 0 Å². The van der Waals surface area contributed by atoms with Crippen LogP contribution in [0, 0.1) is 0 Å². The van der Waals surface area contributed by atoms with Crippen LogP contribution in [0.15, 0.2) is 24.3 Å². The van der Waals surface area contributed by atoms with E-state index >= 15 is 0 Å². The Morgan fingerprint density at radius 3 is 0.680 bits per heavy atom. The summed E-state index contributed by atoms with van der Waals surface area (Å²) in [5.41, 5.74) is 11.8.